The van der Waals surface area contributed by atoms with Gasteiger partial charge in [0, 0.05) is 10.6 Å². The minimum atomic E-state index is -0.744. The highest BCUT2D eigenvalue weighted by Gasteiger charge is 2.24. The van der Waals surface area contributed by atoms with Gasteiger partial charge in [-0.3, -0.25) is 9.59 Å². The fourth-order valence-corrected chi connectivity index (χ4v) is 3.14. The predicted octanol–water partition coefficient (Wildman–Crippen LogP) is 4.02. The summed E-state index contributed by atoms with van der Waals surface area (Å²) in [5, 5.41) is 7.15. The summed E-state index contributed by atoms with van der Waals surface area (Å²) in [5.41, 5.74) is 3.63. The lowest BCUT2D eigenvalue weighted by atomic mass is 10.0. The summed E-state index contributed by atoms with van der Waals surface area (Å²) in [6.07, 6.45) is 1.51. The Morgan fingerprint density at radius 2 is 1.96 bits per heavy atom. The van der Waals surface area contributed by atoms with Crippen LogP contribution in [0.4, 0.5) is 0 Å². The van der Waals surface area contributed by atoms with E-state index in [0.29, 0.717) is 16.3 Å². The lowest BCUT2D eigenvalue weighted by Crippen LogP contribution is -2.48. The summed E-state index contributed by atoms with van der Waals surface area (Å²) in [4.78, 5) is 24.9. The molecule has 28 heavy (non-hydrogen) atoms. The second-order valence-corrected chi connectivity index (χ2v) is 7.62. The van der Waals surface area contributed by atoms with Crippen LogP contribution in [0.15, 0.2) is 52.0 Å². The van der Waals surface area contributed by atoms with Crippen LogP contribution in [-0.4, -0.2) is 31.2 Å². The van der Waals surface area contributed by atoms with Gasteiger partial charge in [0.15, 0.2) is 0 Å². The number of ether oxygens (including phenoxy) is 1. The van der Waals surface area contributed by atoms with Crippen molar-refractivity contribution in [2.45, 2.75) is 19.9 Å². The number of carbonyl (C=O) groups is 2. The average Bonchev–Trinajstić information content (AvgIpc) is 2.65. The largest absolute Gasteiger partial charge is 0.496 e. The Morgan fingerprint density at radius 1 is 1.21 bits per heavy atom. The molecule has 0 aliphatic rings. The Hall–Kier alpha value is -2.38. The highest BCUT2D eigenvalue weighted by molar-refractivity contribution is 9.10. The SMILES string of the molecule is COc1ccc(/C=N/NC(=O)C(NC(=O)c2cccc(Cl)c2)C(C)C)cc1Br. The maximum absolute atomic E-state index is 12.5. The average molecular weight is 467 g/mol. The van der Waals surface area contributed by atoms with Crippen molar-refractivity contribution in [1.82, 2.24) is 10.7 Å². The standard InChI is InChI=1S/C20H21BrClN3O3/c1-12(2)18(24-19(26)14-5-4-6-15(22)10-14)20(27)25-23-11-13-7-8-17(28-3)16(21)9-13/h4-12,18H,1-3H3,(H,24,26)(H,25,27)/b23-11+. The smallest absolute Gasteiger partial charge is 0.262 e. The zero-order chi connectivity index (χ0) is 20.7. The number of halogens is 2. The fourth-order valence-electron chi connectivity index (χ4n) is 2.39. The molecule has 0 aliphatic heterocycles. The van der Waals surface area contributed by atoms with E-state index in [1.165, 1.54) is 6.21 Å². The molecule has 8 heteroatoms. The first kappa shape index (κ1) is 21.9. The molecule has 1 atom stereocenters. The van der Waals surface area contributed by atoms with E-state index in [4.69, 9.17) is 16.3 Å². The van der Waals surface area contributed by atoms with Crippen molar-refractivity contribution in [3.8, 4) is 5.75 Å². The summed E-state index contributed by atoms with van der Waals surface area (Å²) in [6.45, 7) is 3.68. The molecule has 0 aliphatic carbocycles. The van der Waals surface area contributed by atoms with Gasteiger partial charge in [-0.05, 0) is 63.8 Å². The van der Waals surface area contributed by atoms with Crippen molar-refractivity contribution < 1.29 is 14.3 Å². The van der Waals surface area contributed by atoms with Gasteiger partial charge in [-0.15, -0.1) is 0 Å². The molecule has 0 aromatic heterocycles. The van der Waals surface area contributed by atoms with Crippen molar-refractivity contribution >= 4 is 45.6 Å². The molecule has 0 saturated carbocycles. The molecule has 2 amide bonds. The van der Waals surface area contributed by atoms with Crippen LogP contribution in [0.5, 0.6) is 5.75 Å². The molecule has 0 saturated heterocycles. The Bertz CT molecular complexity index is 887. The van der Waals surface area contributed by atoms with Crippen LogP contribution >= 0.6 is 27.5 Å². The second-order valence-electron chi connectivity index (χ2n) is 6.33. The number of hydrogen-bond donors (Lipinski definition) is 2. The van der Waals surface area contributed by atoms with Crippen molar-refractivity contribution in [2.75, 3.05) is 7.11 Å². The summed E-state index contributed by atoms with van der Waals surface area (Å²) >= 11 is 9.31. The van der Waals surface area contributed by atoms with E-state index in [1.807, 2.05) is 19.9 Å². The molecular weight excluding hydrogens is 446 g/mol. The van der Waals surface area contributed by atoms with Gasteiger partial charge in [0.1, 0.15) is 11.8 Å². The van der Waals surface area contributed by atoms with E-state index < -0.39 is 11.9 Å². The van der Waals surface area contributed by atoms with Crippen LogP contribution in [0, 0.1) is 5.92 Å². The zero-order valence-electron chi connectivity index (χ0n) is 15.7. The fraction of sp³-hybridized carbons (Fsp3) is 0.250. The van der Waals surface area contributed by atoms with Gasteiger partial charge in [0.05, 0.1) is 17.8 Å². The first-order valence-corrected chi connectivity index (χ1v) is 9.71. The van der Waals surface area contributed by atoms with Gasteiger partial charge in [0.2, 0.25) is 0 Å². The first-order chi connectivity index (χ1) is 13.3. The molecule has 0 radical (unpaired) electrons. The van der Waals surface area contributed by atoms with Crippen molar-refractivity contribution in [3.05, 3.63) is 63.1 Å². The molecule has 0 spiro atoms. The molecule has 2 N–H and O–H groups in total. The second kappa shape index (κ2) is 10.2. The van der Waals surface area contributed by atoms with Crippen LogP contribution in [0.1, 0.15) is 29.8 Å². The molecular formula is C20H21BrClN3O3. The monoisotopic (exact) mass is 465 g/mol. The summed E-state index contributed by atoms with van der Waals surface area (Å²) in [7, 11) is 1.58. The van der Waals surface area contributed by atoms with Gasteiger partial charge in [-0.25, -0.2) is 5.43 Å². The predicted molar refractivity (Wildman–Crippen MR) is 114 cm³/mol. The Labute approximate surface area is 177 Å². The number of amides is 2. The number of rotatable bonds is 7. The number of carbonyl (C=O) groups excluding carboxylic acids is 2. The third-order valence-electron chi connectivity index (χ3n) is 3.89. The van der Waals surface area contributed by atoms with Gasteiger partial charge in [0.25, 0.3) is 11.8 Å². The van der Waals surface area contributed by atoms with Gasteiger partial charge >= 0.3 is 0 Å². The molecule has 2 aromatic rings. The summed E-state index contributed by atoms with van der Waals surface area (Å²) in [6, 6.07) is 11.2. The van der Waals surface area contributed by atoms with E-state index in [9.17, 15) is 9.59 Å². The third kappa shape index (κ3) is 6.07. The maximum atomic E-state index is 12.5. The number of benzene rings is 2. The Morgan fingerprint density at radius 3 is 2.57 bits per heavy atom. The third-order valence-corrected chi connectivity index (χ3v) is 4.74. The molecule has 0 bridgehead atoms. The highest BCUT2D eigenvalue weighted by Crippen LogP contribution is 2.24. The van der Waals surface area contributed by atoms with E-state index >= 15 is 0 Å². The minimum Gasteiger partial charge on any atom is -0.496 e. The molecule has 148 valence electrons. The van der Waals surface area contributed by atoms with Crippen molar-refractivity contribution in [3.63, 3.8) is 0 Å². The highest BCUT2D eigenvalue weighted by atomic mass is 79.9. The zero-order valence-corrected chi connectivity index (χ0v) is 18.0. The number of hydrogen-bond acceptors (Lipinski definition) is 4. The molecule has 6 nitrogen and oxygen atoms in total. The van der Waals surface area contributed by atoms with Crippen molar-refractivity contribution in [1.29, 1.82) is 0 Å². The molecule has 0 fully saturated rings. The van der Waals surface area contributed by atoms with E-state index in [0.717, 1.165) is 10.0 Å². The Balaban J connectivity index is 2.02. The van der Waals surface area contributed by atoms with Crippen molar-refractivity contribution in [2.24, 2.45) is 11.0 Å². The maximum Gasteiger partial charge on any atom is 0.262 e. The molecule has 0 heterocycles. The summed E-state index contributed by atoms with van der Waals surface area (Å²) < 4.78 is 5.95. The van der Waals surface area contributed by atoms with Crippen LogP contribution in [-0.2, 0) is 4.79 Å². The van der Waals surface area contributed by atoms with Gasteiger partial charge in [-0.2, -0.15) is 5.10 Å². The van der Waals surface area contributed by atoms with E-state index in [2.05, 4.69) is 31.8 Å². The van der Waals surface area contributed by atoms with Crippen LogP contribution in [0.25, 0.3) is 0 Å². The topological polar surface area (TPSA) is 79.8 Å². The van der Waals surface area contributed by atoms with Gasteiger partial charge < -0.3 is 10.1 Å². The van der Waals surface area contributed by atoms with E-state index in [-0.39, 0.29) is 11.8 Å². The molecule has 2 aromatic carbocycles. The first-order valence-electron chi connectivity index (χ1n) is 8.54. The number of hydrazone groups is 1. The van der Waals surface area contributed by atoms with Crippen LogP contribution in [0.2, 0.25) is 5.02 Å². The van der Waals surface area contributed by atoms with Crippen LogP contribution < -0.4 is 15.5 Å². The molecule has 1 unspecified atom stereocenters. The number of nitrogens with one attached hydrogen (secondary N) is 2. The summed E-state index contributed by atoms with van der Waals surface area (Å²) in [5.74, 6) is -0.216. The molecule has 2 rings (SSSR count). The quantitative estimate of drug-likeness (QED) is 0.478. The number of nitrogens with zero attached hydrogens (tertiary/aromatic N) is 1. The lowest BCUT2D eigenvalue weighted by Gasteiger charge is -2.20. The lowest BCUT2D eigenvalue weighted by molar-refractivity contribution is -0.123. The number of methoxy groups -OCH3 is 1. The van der Waals surface area contributed by atoms with Gasteiger partial charge in [-0.1, -0.05) is 31.5 Å². The normalized spacial score (nSPS) is 12.1. The van der Waals surface area contributed by atoms with Crippen LogP contribution in [0.3, 0.4) is 0 Å². The van der Waals surface area contributed by atoms with E-state index in [1.54, 1.807) is 43.5 Å². The Kier molecular flexibility index (Phi) is 8.02. The minimum absolute atomic E-state index is 0.131.